The minimum Gasteiger partial charge on any atom is -0.374 e. The first-order valence-corrected chi connectivity index (χ1v) is 6.58. The maximum absolute atomic E-state index is 5.80. The average molecular weight is 261 g/mol. The third kappa shape index (κ3) is 3.21. The first kappa shape index (κ1) is 12.4. The monoisotopic (exact) mass is 261 g/mol. The number of hydrogen-bond donors (Lipinski definition) is 0. The minimum atomic E-state index is 0.213. The molecule has 1 atom stereocenters. The number of hydrogen-bond acceptors (Lipinski definition) is 4. The number of aromatic nitrogens is 4. The molecule has 0 N–H and O–H groups in total. The maximum atomic E-state index is 5.80. The van der Waals surface area contributed by atoms with E-state index in [-0.39, 0.29) is 6.10 Å². The molecular weight excluding hydrogens is 242 g/mol. The Labute approximate surface area is 112 Å². The minimum absolute atomic E-state index is 0.213. The standard InChI is InChI=1S/C13H19N5O/c1-16-8-12(7-15-16)9-17-5-6-19-13(10-17)11-18-4-2-3-14-18/h2-4,7-8,13H,5-6,9-11H2,1H3. The van der Waals surface area contributed by atoms with Gasteiger partial charge in [-0.3, -0.25) is 14.3 Å². The lowest BCUT2D eigenvalue weighted by Gasteiger charge is -2.32. The SMILES string of the molecule is Cn1cc(CN2CCOC(Cn3cccn3)C2)cn1. The number of morpholine rings is 1. The maximum Gasteiger partial charge on any atom is 0.0898 e. The Kier molecular flexibility index (Phi) is 3.61. The van der Waals surface area contributed by atoms with Gasteiger partial charge in [0.25, 0.3) is 0 Å². The van der Waals surface area contributed by atoms with E-state index < -0.39 is 0 Å². The second kappa shape index (κ2) is 5.54. The van der Waals surface area contributed by atoms with Crippen LogP contribution in [0, 0.1) is 0 Å². The Bertz CT molecular complexity index is 507. The molecule has 0 bridgehead atoms. The largest absolute Gasteiger partial charge is 0.374 e. The van der Waals surface area contributed by atoms with Gasteiger partial charge in [0.1, 0.15) is 0 Å². The zero-order valence-corrected chi connectivity index (χ0v) is 11.1. The van der Waals surface area contributed by atoms with Crippen molar-refractivity contribution in [3.63, 3.8) is 0 Å². The van der Waals surface area contributed by atoms with E-state index in [4.69, 9.17) is 4.74 Å². The molecule has 3 rings (SSSR count). The third-order valence-corrected chi connectivity index (χ3v) is 3.34. The van der Waals surface area contributed by atoms with E-state index in [2.05, 4.69) is 21.3 Å². The summed E-state index contributed by atoms with van der Waals surface area (Å²) in [5.41, 5.74) is 1.25. The summed E-state index contributed by atoms with van der Waals surface area (Å²) in [7, 11) is 1.95. The van der Waals surface area contributed by atoms with E-state index in [1.807, 2.05) is 34.9 Å². The van der Waals surface area contributed by atoms with Gasteiger partial charge >= 0.3 is 0 Å². The molecule has 0 aliphatic carbocycles. The van der Waals surface area contributed by atoms with Crippen LogP contribution in [0.25, 0.3) is 0 Å². The lowest BCUT2D eigenvalue weighted by Crippen LogP contribution is -2.43. The molecule has 0 saturated carbocycles. The van der Waals surface area contributed by atoms with Crippen LogP contribution in [-0.2, 0) is 24.9 Å². The van der Waals surface area contributed by atoms with E-state index in [1.54, 1.807) is 6.20 Å². The lowest BCUT2D eigenvalue weighted by atomic mass is 10.2. The molecule has 19 heavy (non-hydrogen) atoms. The van der Waals surface area contributed by atoms with E-state index in [9.17, 15) is 0 Å². The third-order valence-electron chi connectivity index (χ3n) is 3.34. The molecule has 6 heteroatoms. The molecule has 2 aromatic heterocycles. The Morgan fingerprint density at radius 2 is 2.37 bits per heavy atom. The highest BCUT2D eigenvalue weighted by Crippen LogP contribution is 2.11. The summed E-state index contributed by atoms with van der Waals surface area (Å²) in [4.78, 5) is 2.41. The molecule has 0 aromatic carbocycles. The van der Waals surface area contributed by atoms with Gasteiger partial charge in [-0.1, -0.05) is 0 Å². The van der Waals surface area contributed by atoms with Crippen molar-refractivity contribution in [1.29, 1.82) is 0 Å². The van der Waals surface area contributed by atoms with Crippen LogP contribution in [0.3, 0.4) is 0 Å². The highest BCUT2D eigenvalue weighted by atomic mass is 16.5. The fourth-order valence-electron chi connectivity index (χ4n) is 2.46. The highest BCUT2D eigenvalue weighted by molar-refractivity contribution is 5.03. The molecule has 1 saturated heterocycles. The summed E-state index contributed by atoms with van der Waals surface area (Å²) in [6, 6.07) is 1.94. The molecular formula is C13H19N5O. The topological polar surface area (TPSA) is 48.1 Å². The van der Waals surface area contributed by atoms with Crippen LogP contribution in [-0.4, -0.2) is 50.3 Å². The number of aryl methyl sites for hydroxylation is 1. The van der Waals surface area contributed by atoms with E-state index in [0.29, 0.717) is 0 Å². The molecule has 1 unspecified atom stereocenters. The zero-order valence-electron chi connectivity index (χ0n) is 11.1. The summed E-state index contributed by atoms with van der Waals surface area (Å²) in [5.74, 6) is 0. The van der Waals surface area contributed by atoms with Crippen molar-refractivity contribution in [2.24, 2.45) is 7.05 Å². The molecule has 1 fully saturated rings. The zero-order chi connectivity index (χ0) is 13.1. The van der Waals surface area contributed by atoms with Crippen molar-refractivity contribution in [3.05, 3.63) is 36.4 Å². The Morgan fingerprint density at radius 3 is 3.11 bits per heavy atom. The molecule has 2 aromatic rings. The quantitative estimate of drug-likeness (QED) is 0.805. The van der Waals surface area contributed by atoms with Gasteiger partial charge in [0.15, 0.2) is 0 Å². The van der Waals surface area contributed by atoms with E-state index >= 15 is 0 Å². The smallest absolute Gasteiger partial charge is 0.0898 e. The summed E-state index contributed by atoms with van der Waals surface area (Å²) in [5, 5.41) is 8.43. The summed E-state index contributed by atoms with van der Waals surface area (Å²) in [6.07, 6.45) is 7.99. The van der Waals surface area contributed by atoms with Gasteiger partial charge in [0, 0.05) is 50.8 Å². The van der Waals surface area contributed by atoms with Crippen LogP contribution in [0.1, 0.15) is 5.56 Å². The Hall–Kier alpha value is -1.66. The second-order valence-electron chi connectivity index (χ2n) is 4.98. The normalized spacial score (nSPS) is 20.8. The van der Waals surface area contributed by atoms with Crippen molar-refractivity contribution in [2.45, 2.75) is 19.2 Å². The molecule has 6 nitrogen and oxygen atoms in total. The van der Waals surface area contributed by atoms with Gasteiger partial charge in [0.05, 0.1) is 25.5 Å². The fourth-order valence-corrected chi connectivity index (χ4v) is 2.46. The second-order valence-corrected chi connectivity index (χ2v) is 4.98. The van der Waals surface area contributed by atoms with Crippen LogP contribution in [0.15, 0.2) is 30.9 Å². The first-order chi connectivity index (χ1) is 9.29. The van der Waals surface area contributed by atoms with Gasteiger partial charge in [-0.2, -0.15) is 10.2 Å². The molecule has 0 radical (unpaired) electrons. The highest BCUT2D eigenvalue weighted by Gasteiger charge is 2.21. The molecule has 0 spiro atoms. The summed E-state index contributed by atoms with van der Waals surface area (Å²) < 4.78 is 9.57. The predicted octanol–water partition coefficient (Wildman–Crippen LogP) is 0.518. The average Bonchev–Trinajstić information content (AvgIpc) is 3.02. The van der Waals surface area contributed by atoms with Crippen molar-refractivity contribution in [1.82, 2.24) is 24.5 Å². The predicted molar refractivity (Wildman–Crippen MR) is 70.5 cm³/mol. The van der Waals surface area contributed by atoms with Crippen LogP contribution in [0.2, 0.25) is 0 Å². The van der Waals surface area contributed by atoms with Crippen LogP contribution in [0.5, 0.6) is 0 Å². The summed E-state index contributed by atoms with van der Waals surface area (Å²) in [6.45, 7) is 4.45. The van der Waals surface area contributed by atoms with E-state index in [0.717, 1.165) is 32.8 Å². The Balaban J connectivity index is 1.55. The number of ether oxygens (including phenoxy) is 1. The first-order valence-electron chi connectivity index (χ1n) is 6.58. The molecule has 102 valence electrons. The van der Waals surface area contributed by atoms with Crippen molar-refractivity contribution in [2.75, 3.05) is 19.7 Å². The molecule has 1 aliphatic heterocycles. The molecule has 0 amide bonds. The lowest BCUT2D eigenvalue weighted by molar-refractivity contribution is -0.0402. The van der Waals surface area contributed by atoms with Crippen molar-refractivity contribution < 1.29 is 4.74 Å². The molecule has 3 heterocycles. The van der Waals surface area contributed by atoms with Crippen molar-refractivity contribution >= 4 is 0 Å². The summed E-state index contributed by atoms with van der Waals surface area (Å²) >= 11 is 0. The number of rotatable bonds is 4. The fraction of sp³-hybridized carbons (Fsp3) is 0.538. The van der Waals surface area contributed by atoms with Crippen LogP contribution >= 0.6 is 0 Å². The molecule has 1 aliphatic rings. The van der Waals surface area contributed by atoms with E-state index in [1.165, 1.54) is 5.56 Å². The van der Waals surface area contributed by atoms with Gasteiger partial charge in [-0.05, 0) is 6.07 Å². The van der Waals surface area contributed by atoms with Gasteiger partial charge < -0.3 is 4.74 Å². The van der Waals surface area contributed by atoms with Gasteiger partial charge in [-0.25, -0.2) is 0 Å². The van der Waals surface area contributed by atoms with Gasteiger partial charge in [-0.15, -0.1) is 0 Å². The van der Waals surface area contributed by atoms with Gasteiger partial charge in [0.2, 0.25) is 0 Å². The van der Waals surface area contributed by atoms with Crippen LogP contribution in [0.4, 0.5) is 0 Å². The number of nitrogens with zero attached hydrogens (tertiary/aromatic N) is 5. The van der Waals surface area contributed by atoms with Crippen LogP contribution < -0.4 is 0 Å². The Morgan fingerprint density at radius 1 is 1.42 bits per heavy atom. The van der Waals surface area contributed by atoms with Crippen molar-refractivity contribution in [3.8, 4) is 0 Å².